The van der Waals surface area contributed by atoms with Gasteiger partial charge in [-0.15, -0.1) is 0 Å². The summed E-state index contributed by atoms with van der Waals surface area (Å²) in [6, 6.07) is 15.4. The van der Waals surface area contributed by atoms with E-state index < -0.39 is 0 Å². The van der Waals surface area contributed by atoms with E-state index in [-0.39, 0.29) is 10.6 Å². The van der Waals surface area contributed by atoms with Gasteiger partial charge in [0.1, 0.15) is 5.82 Å². The van der Waals surface area contributed by atoms with Crippen molar-refractivity contribution in [1.29, 1.82) is 0 Å². The summed E-state index contributed by atoms with van der Waals surface area (Å²) in [6.45, 7) is 2.19. The van der Waals surface area contributed by atoms with E-state index in [2.05, 4.69) is 47.1 Å². The zero-order valence-electron chi connectivity index (χ0n) is 11.1. The number of halogens is 2. The number of benzene rings is 2. The van der Waals surface area contributed by atoms with Gasteiger partial charge in [-0.2, -0.15) is 0 Å². The quantitative estimate of drug-likeness (QED) is 0.642. The third-order valence-electron chi connectivity index (χ3n) is 3.21. The first-order valence-corrected chi connectivity index (χ1v) is 7.58. The van der Waals surface area contributed by atoms with Gasteiger partial charge in [0.2, 0.25) is 0 Å². The summed E-state index contributed by atoms with van der Waals surface area (Å²) < 4.78 is 12.9. The Bertz CT molecular complexity index is 502. The van der Waals surface area contributed by atoms with Crippen molar-refractivity contribution in [1.82, 2.24) is 0 Å². The lowest BCUT2D eigenvalue weighted by atomic mass is 10.0. The fourth-order valence-electron chi connectivity index (χ4n) is 2.13. The lowest BCUT2D eigenvalue weighted by molar-refractivity contribution is 0.627. The van der Waals surface area contributed by atoms with Gasteiger partial charge in [0.15, 0.2) is 0 Å². The summed E-state index contributed by atoms with van der Waals surface area (Å²) in [4.78, 5) is 0.272. The Morgan fingerprint density at radius 3 is 2.11 bits per heavy atom. The predicted molar refractivity (Wildman–Crippen MR) is 82.2 cm³/mol. The SMILES string of the molecule is CCCc1ccc(C(Br)Cc2ccc(F)cc2)cc1. The molecule has 0 heterocycles. The maximum Gasteiger partial charge on any atom is 0.123 e. The lowest BCUT2D eigenvalue weighted by Gasteiger charge is -2.11. The standard InChI is InChI=1S/C17H18BrF/c1-2-3-13-4-8-15(9-5-13)17(18)12-14-6-10-16(19)11-7-14/h4-11,17H,2-3,12H2,1H3. The second-order valence-electron chi connectivity index (χ2n) is 4.79. The lowest BCUT2D eigenvalue weighted by Crippen LogP contribution is -1.96. The van der Waals surface area contributed by atoms with Crippen LogP contribution in [0.1, 0.15) is 34.9 Å². The summed E-state index contributed by atoms with van der Waals surface area (Å²) in [7, 11) is 0. The average molecular weight is 321 g/mol. The molecule has 2 rings (SSSR count). The normalized spacial score (nSPS) is 12.4. The highest BCUT2D eigenvalue weighted by molar-refractivity contribution is 9.09. The number of hydrogen-bond acceptors (Lipinski definition) is 0. The van der Waals surface area contributed by atoms with E-state index in [0.29, 0.717) is 0 Å². The first kappa shape index (κ1) is 14.3. The van der Waals surface area contributed by atoms with Crippen molar-refractivity contribution in [2.45, 2.75) is 31.0 Å². The van der Waals surface area contributed by atoms with Crippen LogP contribution < -0.4 is 0 Å². The molecule has 2 aromatic rings. The summed E-state index contributed by atoms with van der Waals surface area (Å²) >= 11 is 3.71. The molecule has 0 N–H and O–H groups in total. The molecule has 0 spiro atoms. The first-order chi connectivity index (χ1) is 9.19. The van der Waals surface area contributed by atoms with Gasteiger partial charge in [0.25, 0.3) is 0 Å². The van der Waals surface area contributed by atoms with Crippen molar-refractivity contribution in [3.05, 3.63) is 71.0 Å². The molecule has 0 amide bonds. The van der Waals surface area contributed by atoms with Crippen LogP contribution >= 0.6 is 15.9 Å². The number of alkyl halides is 1. The Morgan fingerprint density at radius 2 is 1.53 bits per heavy atom. The Morgan fingerprint density at radius 1 is 0.947 bits per heavy atom. The van der Waals surface area contributed by atoms with Crippen LogP contribution in [0, 0.1) is 5.82 Å². The fourth-order valence-corrected chi connectivity index (χ4v) is 2.81. The second-order valence-corrected chi connectivity index (χ2v) is 5.90. The van der Waals surface area contributed by atoms with Crippen LogP contribution in [0.2, 0.25) is 0 Å². The van der Waals surface area contributed by atoms with Crippen molar-refractivity contribution in [3.8, 4) is 0 Å². The Hall–Kier alpha value is -1.15. The van der Waals surface area contributed by atoms with Crippen molar-refractivity contribution in [2.24, 2.45) is 0 Å². The molecular weight excluding hydrogens is 303 g/mol. The third kappa shape index (κ3) is 4.17. The molecule has 19 heavy (non-hydrogen) atoms. The smallest absolute Gasteiger partial charge is 0.123 e. The molecule has 0 aromatic heterocycles. The Balaban J connectivity index is 2.02. The molecule has 0 bridgehead atoms. The maximum absolute atomic E-state index is 12.9. The molecule has 1 atom stereocenters. The third-order valence-corrected chi connectivity index (χ3v) is 4.06. The van der Waals surface area contributed by atoms with Crippen LogP contribution in [0.5, 0.6) is 0 Å². The molecule has 0 radical (unpaired) electrons. The summed E-state index contributed by atoms with van der Waals surface area (Å²) in [5.41, 5.74) is 3.79. The number of rotatable bonds is 5. The highest BCUT2D eigenvalue weighted by Crippen LogP contribution is 2.27. The number of aryl methyl sites for hydroxylation is 1. The van der Waals surface area contributed by atoms with Gasteiger partial charge in [-0.3, -0.25) is 0 Å². The molecule has 0 aliphatic heterocycles. The molecule has 0 fully saturated rings. The van der Waals surface area contributed by atoms with Gasteiger partial charge in [-0.1, -0.05) is 65.7 Å². The van der Waals surface area contributed by atoms with Crippen LogP contribution in [-0.4, -0.2) is 0 Å². The zero-order chi connectivity index (χ0) is 13.7. The fraction of sp³-hybridized carbons (Fsp3) is 0.294. The molecule has 0 nitrogen and oxygen atoms in total. The first-order valence-electron chi connectivity index (χ1n) is 6.66. The predicted octanol–water partition coefficient (Wildman–Crippen LogP) is 5.46. The average Bonchev–Trinajstić information content (AvgIpc) is 2.42. The topological polar surface area (TPSA) is 0 Å². The van der Waals surface area contributed by atoms with E-state index in [1.165, 1.54) is 29.7 Å². The molecule has 0 saturated carbocycles. The summed E-state index contributed by atoms with van der Waals surface area (Å²) in [6.07, 6.45) is 3.17. The van der Waals surface area contributed by atoms with E-state index in [1.54, 1.807) is 0 Å². The van der Waals surface area contributed by atoms with E-state index in [4.69, 9.17) is 0 Å². The van der Waals surface area contributed by atoms with Crippen molar-refractivity contribution >= 4 is 15.9 Å². The van der Waals surface area contributed by atoms with Gasteiger partial charge in [0, 0.05) is 4.83 Å². The largest absolute Gasteiger partial charge is 0.207 e. The van der Waals surface area contributed by atoms with E-state index in [9.17, 15) is 4.39 Å². The molecule has 0 aliphatic carbocycles. The summed E-state index contributed by atoms with van der Waals surface area (Å²) in [5, 5.41) is 0. The molecule has 100 valence electrons. The Labute approximate surface area is 122 Å². The minimum atomic E-state index is -0.182. The maximum atomic E-state index is 12.9. The molecule has 2 heteroatoms. The number of hydrogen-bond donors (Lipinski definition) is 0. The van der Waals surface area contributed by atoms with E-state index >= 15 is 0 Å². The van der Waals surface area contributed by atoms with Crippen molar-refractivity contribution in [3.63, 3.8) is 0 Å². The van der Waals surface area contributed by atoms with Gasteiger partial charge in [-0.05, 0) is 41.7 Å². The monoisotopic (exact) mass is 320 g/mol. The van der Waals surface area contributed by atoms with Gasteiger partial charge in [-0.25, -0.2) is 4.39 Å². The van der Waals surface area contributed by atoms with Gasteiger partial charge < -0.3 is 0 Å². The second kappa shape index (κ2) is 6.85. The van der Waals surface area contributed by atoms with Crippen LogP contribution in [-0.2, 0) is 12.8 Å². The minimum absolute atomic E-state index is 0.182. The van der Waals surface area contributed by atoms with E-state index in [1.807, 2.05) is 12.1 Å². The van der Waals surface area contributed by atoms with Crippen LogP contribution in [0.15, 0.2) is 48.5 Å². The van der Waals surface area contributed by atoms with E-state index in [0.717, 1.165) is 18.4 Å². The Kier molecular flexibility index (Phi) is 5.15. The molecule has 1 unspecified atom stereocenters. The highest BCUT2D eigenvalue weighted by atomic mass is 79.9. The zero-order valence-corrected chi connectivity index (χ0v) is 12.7. The minimum Gasteiger partial charge on any atom is -0.207 e. The van der Waals surface area contributed by atoms with Crippen LogP contribution in [0.3, 0.4) is 0 Å². The highest BCUT2D eigenvalue weighted by Gasteiger charge is 2.08. The summed E-state index contributed by atoms with van der Waals surface area (Å²) in [5.74, 6) is -0.182. The molecule has 0 saturated heterocycles. The van der Waals surface area contributed by atoms with Gasteiger partial charge in [0.05, 0.1) is 0 Å². The van der Waals surface area contributed by atoms with Crippen molar-refractivity contribution in [2.75, 3.05) is 0 Å². The van der Waals surface area contributed by atoms with Crippen LogP contribution in [0.25, 0.3) is 0 Å². The van der Waals surface area contributed by atoms with Crippen molar-refractivity contribution < 1.29 is 4.39 Å². The van der Waals surface area contributed by atoms with Gasteiger partial charge >= 0.3 is 0 Å². The molecule has 2 aromatic carbocycles. The molecule has 0 aliphatic rings. The van der Waals surface area contributed by atoms with Crippen LogP contribution in [0.4, 0.5) is 4.39 Å². The molecular formula is C17H18BrF.